The Kier molecular flexibility index (Phi) is 8.77. The van der Waals surface area contributed by atoms with Crippen molar-refractivity contribution in [3.8, 4) is 0 Å². The molecular weight excluding hydrogens is 397 g/mol. The largest absolute Gasteiger partial charge is 0.352 e. The maximum absolute atomic E-state index is 12.7. The van der Waals surface area contributed by atoms with Crippen LogP contribution in [0.3, 0.4) is 0 Å². The summed E-state index contributed by atoms with van der Waals surface area (Å²) in [6.45, 7) is 2.16. The summed E-state index contributed by atoms with van der Waals surface area (Å²) >= 11 is 11.8. The SMILES string of the molecule is CN(C)CCN(Cc1ccc(Cl)cc1)C(=O)CCNC(=O)c1ccc(Cl)cc1. The zero-order valence-corrected chi connectivity index (χ0v) is 17.6. The smallest absolute Gasteiger partial charge is 0.251 e. The Morgan fingerprint density at radius 3 is 2.04 bits per heavy atom. The first-order valence-electron chi connectivity index (χ1n) is 9.06. The zero-order chi connectivity index (χ0) is 20.5. The molecule has 0 bridgehead atoms. The Morgan fingerprint density at radius 1 is 0.893 bits per heavy atom. The normalized spacial score (nSPS) is 10.8. The van der Waals surface area contributed by atoms with Gasteiger partial charge >= 0.3 is 0 Å². The summed E-state index contributed by atoms with van der Waals surface area (Å²) in [5, 5.41) is 4.02. The summed E-state index contributed by atoms with van der Waals surface area (Å²) < 4.78 is 0. The molecule has 5 nitrogen and oxygen atoms in total. The van der Waals surface area contributed by atoms with Crippen molar-refractivity contribution in [2.75, 3.05) is 33.7 Å². The number of nitrogens with one attached hydrogen (secondary N) is 1. The molecule has 0 aliphatic rings. The molecule has 0 saturated heterocycles. The molecule has 2 aromatic rings. The van der Waals surface area contributed by atoms with Crippen molar-refractivity contribution in [1.82, 2.24) is 15.1 Å². The first-order chi connectivity index (χ1) is 13.3. The number of carbonyl (C=O) groups excluding carboxylic acids is 2. The predicted molar refractivity (Wildman–Crippen MR) is 114 cm³/mol. The highest BCUT2D eigenvalue weighted by Gasteiger charge is 2.15. The number of benzene rings is 2. The Labute approximate surface area is 176 Å². The number of hydrogen-bond acceptors (Lipinski definition) is 3. The third-order valence-electron chi connectivity index (χ3n) is 4.19. The molecular formula is C21H25Cl2N3O2. The number of nitrogens with zero attached hydrogens (tertiary/aromatic N) is 2. The lowest BCUT2D eigenvalue weighted by molar-refractivity contribution is -0.131. The second-order valence-corrected chi connectivity index (χ2v) is 7.63. The van der Waals surface area contributed by atoms with E-state index in [0.717, 1.165) is 12.1 Å². The first-order valence-corrected chi connectivity index (χ1v) is 9.81. The lowest BCUT2D eigenvalue weighted by atomic mass is 10.2. The van der Waals surface area contributed by atoms with Gasteiger partial charge in [0.25, 0.3) is 5.91 Å². The van der Waals surface area contributed by atoms with E-state index in [1.807, 2.05) is 43.3 Å². The number of likely N-dealkylation sites (N-methyl/N-ethyl adjacent to an activating group) is 1. The van der Waals surface area contributed by atoms with Crippen LogP contribution in [0.2, 0.25) is 10.0 Å². The molecule has 0 spiro atoms. The van der Waals surface area contributed by atoms with E-state index in [9.17, 15) is 9.59 Å². The van der Waals surface area contributed by atoms with Gasteiger partial charge in [-0.2, -0.15) is 0 Å². The molecule has 0 fully saturated rings. The molecule has 28 heavy (non-hydrogen) atoms. The molecule has 0 aromatic heterocycles. The van der Waals surface area contributed by atoms with E-state index in [0.29, 0.717) is 28.7 Å². The highest BCUT2D eigenvalue weighted by Crippen LogP contribution is 2.12. The monoisotopic (exact) mass is 421 g/mol. The van der Waals surface area contributed by atoms with Crippen LogP contribution in [-0.4, -0.2) is 55.3 Å². The second kappa shape index (κ2) is 11.1. The highest BCUT2D eigenvalue weighted by atomic mass is 35.5. The van der Waals surface area contributed by atoms with E-state index >= 15 is 0 Å². The molecule has 0 heterocycles. The lowest BCUT2D eigenvalue weighted by Gasteiger charge is -2.25. The van der Waals surface area contributed by atoms with Crippen molar-refractivity contribution >= 4 is 35.0 Å². The summed E-state index contributed by atoms with van der Waals surface area (Å²) in [7, 11) is 3.94. The minimum Gasteiger partial charge on any atom is -0.352 e. The third kappa shape index (κ3) is 7.50. The minimum atomic E-state index is -0.220. The molecule has 2 aromatic carbocycles. The molecule has 150 valence electrons. The average Bonchev–Trinajstić information content (AvgIpc) is 2.66. The van der Waals surface area contributed by atoms with E-state index in [2.05, 4.69) is 5.32 Å². The van der Waals surface area contributed by atoms with Gasteiger partial charge in [-0.15, -0.1) is 0 Å². The van der Waals surface area contributed by atoms with Crippen LogP contribution < -0.4 is 5.32 Å². The number of amides is 2. The zero-order valence-electron chi connectivity index (χ0n) is 16.1. The predicted octanol–water partition coefficient (Wildman–Crippen LogP) is 3.70. The van der Waals surface area contributed by atoms with Crippen molar-refractivity contribution in [1.29, 1.82) is 0 Å². The van der Waals surface area contributed by atoms with Gasteiger partial charge < -0.3 is 15.1 Å². The summed E-state index contributed by atoms with van der Waals surface area (Å²) in [5.41, 5.74) is 1.53. The topological polar surface area (TPSA) is 52.6 Å². The average molecular weight is 422 g/mol. The molecule has 1 N–H and O–H groups in total. The van der Waals surface area contributed by atoms with Crippen molar-refractivity contribution < 1.29 is 9.59 Å². The van der Waals surface area contributed by atoms with Crippen LogP contribution >= 0.6 is 23.2 Å². The maximum Gasteiger partial charge on any atom is 0.251 e. The number of rotatable bonds is 9. The Hall–Kier alpha value is -2.08. The molecule has 0 saturated carbocycles. The van der Waals surface area contributed by atoms with Crippen LogP contribution in [0.5, 0.6) is 0 Å². The van der Waals surface area contributed by atoms with Gasteiger partial charge in [-0.25, -0.2) is 0 Å². The molecule has 0 unspecified atom stereocenters. The van der Waals surface area contributed by atoms with Crippen molar-refractivity contribution in [3.63, 3.8) is 0 Å². The van der Waals surface area contributed by atoms with Crippen LogP contribution in [-0.2, 0) is 11.3 Å². The standard InChI is InChI=1S/C21H25Cl2N3O2/c1-25(2)13-14-26(15-16-3-7-18(22)8-4-16)20(27)11-12-24-21(28)17-5-9-19(23)10-6-17/h3-10H,11-15H2,1-2H3,(H,24,28). The van der Waals surface area contributed by atoms with E-state index < -0.39 is 0 Å². The van der Waals surface area contributed by atoms with Crippen LogP contribution in [0.1, 0.15) is 22.3 Å². The van der Waals surface area contributed by atoms with Gasteiger partial charge in [-0.1, -0.05) is 35.3 Å². The van der Waals surface area contributed by atoms with Crippen molar-refractivity contribution in [2.45, 2.75) is 13.0 Å². The second-order valence-electron chi connectivity index (χ2n) is 6.76. The maximum atomic E-state index is 12.7. The summed E-state index contributed by atoms with van der Waals surface area (Å²) in [6, 6.07) is 14.1. The van der Waals surface area contributed by atoms with Crippen molar-refractivity contribution in [2.24, 2.45) is 0 Å². The molecule has 0 radical (unpaired) electrons. The number of carbonyl (C=O) groups is 2. The van der Waals surface area contributed by atoms with E-state index in [1.165, 1.54) is 0 Å². The van der Waals surface area contributed by atoms with Gasteiger partial charge in [0.2, 0.25) is 5.91 Å². The van der Waals surface area contributed by atoms with Crippen LogP contribution in [0, 0.1) is 0 Å². The fourth-order valence-corrected chi connectivity index (χ4v) is 2.82. The summed E-state index contributed by atoms with van der Waals surface area (Å²) in [6.07, 6.45) is 0.236. The highest BCUT2D eigenvalue weighted by molar-refractivity contribution is 6.30. The lowest BCUT2D eigenvalue weighted by Crippen LogP contribution is -2.38. The Morgan fingerprint density at radius 2 is 1.46 bits per heavy atom. The quantitative estimate of drug-likeness (QED) is 0.671. The van der Waals surface area contributed by atoms with Gasteiger partial charge in [0.1, 0.15) is 0 Å². The van der Waals surface area contributed by atoms with Gasteiger partial charge in [0.15, 0.2) is 0 Å². The fourth-order valence-electron chi connectivity index (χ4n) is 2.57. The van der Waals surface area contributed by atoms with Crippen LogP contribution in [0.25, 0.3) is 0 Å². The van der Waals surface area contributed by atoms with Gasteiger partial charge in [0.05, 0.1) is 0 Å². The van der Waals surface area contributed by atoms with Crippen LogP contribution in [0.15, 0.2) is 48.5 Å². The first kappa shape index (κ1) is 22.2. The fraction of sp³-hybridized carbons (Fsp3) is 0.333. The van der Waals surface area contributed by atoms with Crippen molar-refractivity contribution in [3.05, 3.63) is 69.7 Å². The molecule has 2 amide bonds. The molecule has 2 rings (SSSR count). The summed E-state index contributed by atoms with van der Waals surface area (Å²) in [5.74, 6) is -0.227. The van der Waals surface area contributed by atoms with E-state index in [-0.39, 0.29) is 24.8 Å². The summed E-state index contributed by atoms with van der Waals surface area (Å²) in [4.78, 5) is 28.7. The van der Waals surface area contributed by atoms with E-state index in [1.54, 1.807) is 29.2 Å². The Bertz CT molecular complexity index is 777. The molecule has 7 heteroatoms. The Balaban J connectivity index is 1.90. The number of halogens is 2. The molecule has 0 aliphatic heterocycles. The van der Waals surface area contributed by atoms with Gasteiger partial charge in [-0.3, -0.25) is 9.59 Å². The van der Waals surface area contributed by atoms with Crippen LogP contribution in [0.4, 0.5) is 0 Å². The minimum absolute atomic E-state index is 0.00629. The number of hydrogen-bond donors (Lipinski definition) is 1. The molecule has 0 atom stereocenters. The van der Waals surface area contributed by atoms with E-state index in [4.69, 9.17) is 23.2 Å². The third-order valence-corrected chi connectivity index (χ3v) is 4.69. The molecule has 0 aliphatic carbocycles. The van der Waals surface area contributed by atoms with Gasteiger partial charge in [-0.05, 0) is 56.1 Å². The van der Waals surface area contributed by atoms with Gasteiger partial charge in [0, 0.05) is 48.2 Å².